The van der Waals surface area contributed by atoms with Gasteiger partial charge in [0.15, 0.2) is 9.84 Å². The van der Waals surface area contributed by atoms with Gasteiger partial charge in [-0.25, -0.2) is 13.2 Å². The fraction of sp³-hybridized carbons (Fsp3) is 0.231. The highest BCUT2D eigenvalue weighted by Crippen LogP contribution is 2.26. The molecule has 2 amide bonds. The van der Waals surface area contributed by atoms with Crippen molar-refractivity contribution in [2.24, 2.45) is 0 Å². The van der Waals surface area contributed by atoms with Crippen LogP contribution in [-0.4, -0.2) is 38.1 Å². The number of hydrogen-bond donors (Lipinski definition) is 1. The van der Waals surface area contributed by atoms with Gasteiger partial charge in [0.25, 0.3) is 0 Å². The van der Waals surface area contributed by atoms with Crippen molar-refractivity contribution in [3.05, 3.63) is 132 Å². The first-order chi connectivity index (χ1) is 22.4. The Labute approximate surface area is 276 Å². The predicted molar refractivity (Wildman–Crippen MR) is 189 cm³/mol. The van der Waals surface area contributed by atoms with Gasteiger partial charge in [0.1, 0.15) is 11.6 Å². The molecule has 0 aliphatic heterocycles. The number of carbonyl (C=O) groups excluding carboxylic acids is 2. The van der Waals surface area contributed by atoms with Crippen molar-refractivity contribution in [3.8, 4) is 0 Å². The Kier molecular flexibility index (Phi) is 10.1. The van der Waals surface area contributed by atoms with Crippen molar-refractivity contribution in [3.63, 3.8) is 0 Å². The highest BCUT2D eigenvalue weighted by molar-refractivity contribution is 7.94. The van der Waals surface area contributed by atoms with Gasteiger partial charge < -0.3 is 10.1 Å². The van der Waals surface area contributed by atoms with Crippen LogP contribution in [0.1, 0.15) is 39.7 Å². The van der Waals surface area contributed by atoms with Crippen LogP contribution in [0.25, 0.3) is 21.5 Å². The average Bonchev–Trinajstić information content (AvgIpc) is 3.05. The van der Waals surface area contributed by atoms with Crippen LogP contribution in [0.4, 0.5) is 10.5 Å². The molecule has 47 heavy (non-hydrogen) atoms. The molecule has 7 nitrogen and oxygen atoms in total. The summed E-state index contributed by atoms with van der Waals surface area (Å²) in [5.74, 6) is -0.449. The maximum absolute atomic E-state index is 13.9. The summed E-state index contributed by atoms with van der Waals surface area (Å²) in [7, 11) is -3.82. The second kappa shape index (κ2) is 14.2. The molecule has 1 N–H and O–H groups in total. The Morgan fingerprint density at radius 2 is 1.36 bits per heavy atom. The Bertz CT molecular complexity index is 2020. The molecule has 5 aromatic rings. The molecule has 8 heteroatoms. The van der Waals surface area contributed by atoms with Crippen molar-refractivity contribution in [2.75, 3.05) is 4.90 Å². The molecule has 0 saturated heterocycles. The summed E-state index contributed by atoms with van der Waals surface area (Å²) in [4.78, 5) is 29.0. The Hall–Kier alpha value is -4.95. The van der Waals surface area contributed by atoms with Gasteiger partial charge >= 0.3 is 6.09 Å². The van der Waals surface area contributed by atoms with Gasteiger partial charge in [0.05, 0.1) is 4.90 Å². The summed E-state index contributed by atoms with van der Waals surface area (Å²) < 4.78 is 32.6. The molecule has 5 rings (SSSR count). The van der Waals surface area contributed by atoms with E-state index in [2.05, 4.69) is 5.32 Å². The molecule has 0 heterocycles. The Morgan fingerprint density at radius 3 is 2.00 bits per heavy atom. The van der Waals surface area contributed by atoms with Gasteiger partial charge in [-0.15, -0.1) is 0 Å². The SMILES string of the molecule is CC(C(=O)NC(C=CS(=O)(=O)c1ccc2ccccc2c1)CCc1ccccc1)N(C(=O)OC(C)(C)C)c1ccc2ccccc2c1. The monoisotopic (exact) mass is 648 g/mol. The number of rotatable bonds is 10. The molecule has 0 radical (unpaired) electrons. The van der Waals surface area contributed by atoms with Crippen molar-refractivity contribution in [2.45, 2.75) is 63.1 Å². The van der Waals surface area contributed by atoms with Crippen LogP contribution in [0.3, 0.4) is 0 Å². The van der Waals surface area contributed by atoms with Gasteiger partial charge in [-0.3, -0.25) is 9.69 Å². The van der Waals surface area contributed by atoms with Crippen LogP contribution in [0.2, 0.25) is 0 Å². The topological polar surface area (TPSA) is 92.8 Å². The molecule has 0 aromatic heterocycles. The standard InChI is InChI=1S/C39H40N2O5S/c1-28(41(38(43)46-39(2,3)4)35-22-19-30-14-8-10-16-32(30)26-35)37(42)40-34(21-18-29-12-6-5-7-13-29)24-25-47(44,45)36-23-20-31-15-9-11-17-33(31)27-36/h5-17,19-20,22-28,34H,18,21H2,1-4H3,(H,40,42). The van der Waals surface area contributed by atoms with Gasteiger partial charge in [-0.2, -0.15) is 0 Å². The van der Waals surface area contributed by atoms with Gasteiger partial charge in [-0.1, -0.05) is 97.1 Å². The minimum absolute atomic E-state index is 0.168. The number of benzene rings is 5. The number of anilines is 1. The predicted octanol–water partition coefficient (Wildman–Crippen LogP) is 8.23. The minimum Gasteiger partial charge on any atom is -0.443 e. The molecule has 0 aliphatic rings. The number of nitrogens with zero attached hydrogens (tertiary/aromatic N) is 1. The first-order valence-electron chi connectivity index (χ1n) is 15.7. The normalized spacial score (nSPS) is 13.4. The molecule has 2 unspecified atom stereocenters. The second-order valence-electron chi connectivity index (χ2n) is 12.6. The maximum atomic E-state index is 13.9. The van der Waals surface area contributed by atoms with Crippen molar-refractivity contribution in [1.29, 1.82) is 0 Å². The lowest BCUT2D eigenvalue weighted by Gasteiger charge is -2.32. The average molecular weight is 649 g/mol. The van der Waals surface area contributed by atoms with E-state index in [0.717, 1.165) is 32.5 Å². The number of amides is 2. The van der Waals surface area contributed by atoms with E-state index >= 15 is 0 Å². The van der Waals surface area contributed by atoms with Crippen LogP contribution < -0.4 is 10.2 Å². The lowest BCUT2D eigenvalue weighted by Crippen LogP contribution is -2.51. The molecular formula is C39H40N2O5S. The van der Waals surface area contributed by atoms with Gasteiger partial charge in [-0.05, 0) is 91.9 Å². The van der Waals surface area contributed by atoms with E-state index in [1.807, 2.05) is 91.0 Å². The van der Waals surface area contributed by atoms with E-state index in [1.54, 1.807) is 52.0 Å². The highest BCUT2D eigenvalue weighted by atomic mass is 32.2. The number of fused-ring (bicyclic) bond motifs is 2. The van der Waals surface area contributed by atoms with Crippen molar-refractivity contribution >= 4 is 49.1 Å². The number of ether oxygens (including phenoxy) is 1. The zero-order valence-electron chi connectivity index (χ0n) is 27.1. The summed E-state index contributed by atoms with van der Waals surface area (Å²) in [6, 6.07) is 34.1. The molecule has 0 fully saturated rings. The molecule has 242 valence electrons. The number of sulfone groups is 1. The lowest BCUT2D eigenvalue weighted by atomic mass is 10.0. The summed E-state index contributed by atoms with van der Waals surface area (Å²) in [6.45, 7) is 6.95. The number of nitrogens with one attached hydrogen (secondary N) is 1. The van der Waals surface area contributed by atoms with E-state index in [9.17, 15) is 18.0 Å². The van der Waals surface area contributed by atoms with Crippen LogP contribution in [0.5, 0.6) is 0 Å². The Balaban J connectivity index is 1.43. The van der Waals surface area contributed by atoms with Crippen molar-refractivity contribution in [1.82, 2.24) is 5.32 Å². The summed E-state index contributed by atoms with van der Waals surface area (Å²) >= 11 is 0. The smallest absolute Gasteiger partial charge is 0.415 e. The van der Waals surface area contributed by atoms with Crippen LogP contribution >= 0.6 is 0 Å². The van der Waals surface area contributed by atoms with E-state index in [1.165, 1.54) is 11.0 Å². The second-order valence-corrected chi connectivity index (χ2v) is 14.4. The third-order valence-corrected chi connectivity index (χ3v) is 9.25. The van der Waals surface area contributed by atoms with Crippen LogP contribution in [0.15, 0.2) is 132 Å². The minimum atomic E-state index is -3.82. The van der Waals surface area contributed by atoms with Gasteiger partial charge in [0.2, 0.25) is 5.91 Å². The fourth-order valence-electron chi connectivity index (χ4n) is 5.35. The molecule has 2 atom stereocenters. The number of carbonyl (C=O) groups is 2. The molecule has 0 aliphatic carbocycles. The summed E-state index contributed by atoms with van der Waals surface area (Å²) in [5.41, 5.74) is 0.772. The van der Waals surface area contributed by atoms with Crippen molar-refractivity contribution < 1.29 is 22.7 Å². The highest BCUT2D eigenvalue weighted by Gasteiger charge is 2.32. The summed E-state index contributed by atoms with van der Waals surface area (Å²) in [5, 5.41) is 7.84. The van der Waals surface area contributed by atoms with Gasteiger partial charge in [0, 0.05) is 17.1 Å². The molecule has 0 bridgehead atoms. The van der Waals surface area contributed by atoms with Crippen LogP contribution in [0, 0.1) is 0 Å². The molecule has 5 aromatic carbocycles. The van der Waals surface area contributed by atoms with Crippen LogP contribution in [-0.2, 0) is 25.8 Å². The molecular weight excluding hydrogens is 609 g/mol. The summed E-state index contributed by atoms with van der Waals surface area (Å²) in [6.07, 6.45) is 1.90. The first kappa shape index (κ1) is 33.4. The Morgan fingerprint density at radius 1 is 0.787 bits per heavy atom. The lowest BCUT2D eigenvalue weighted by molar-refractivity contribution is -0.122. The third-order valence-electron chi connectivity index (χ3n) is 7.82. The maximum Gasteiger partial charge on any atom is 0.415 e. The largest absolute Gasteiger partial charge is 0.443 e. The van der Waals surface area contributed by atoms with E-state index in [4.69, 9.17) is 4.74 Å². The number of aryl methyl sites for hydroxylation is 1. The quantitative estimate of drug-likeness (QED) is 0.165. The zero-order valence-corrected chi connectivity index (χ0v) is 27.9. The molecule has 0 saturated carbocycles. The number of hydrogen-bond acceptors (Lipinski definition) is 5. The van der Waals surface area contributed by atoms with E-state index in [0.29, 0.717) is 18.5 Å². The van der Waals surface area contributed by atoms with E-state index < -0.39 is 39.5 Å². The fourth-order valence-corrected chi connectivity index (χ4v) is 6.45. The first-order valence-corrected chi connectivity index (χ1v) is 17.2. The zero-order chi connectivity index (χ0) is 33.6. The van der Waals surface area contributed by atoms with E-state index in [-0.39, 0.29) is 4.90 Å². The third kappa shape index (κ3) is 8.65. The molecule has 0 spiro atoms.